The van der Waals surface area contributed by atoms with Crippen molar-refractivity contribution in [1.82, 2.24) is 24.4 Å². The highest BCUT2D eigenvalue weighted by atomic mass is 19.1. The Bertz CT molecular complexity index is 1450. The molecule has 1 aliphatic rings. The van der Waals surface area contributed by atoms with E-state index < -0.39 is 23.5 Å². The SMILES string of the molecule is CNCc1nccn1-c1ccc(C2N=Cc3ncn(-c4cccc(C(N)=O)c4)c3C2=O)c(F)c1. The van der Waals surface area contributed by atoms with Gasteiger partial charge >= 0.3 is 0 Å². The molecule has 0 saturated heterocycles. The van der Waals surface area contributed by atoms with Gasteiger partial charge in [0.1, 0.15) is 35.4 Å². The summed E-state index contributed by atoms with van der Waals surface area (Å²) in [6, 6.07) is 10.1. The summed E-state index contributed by atoms with van der Waals surface area (Å²) >= 11 is 0. The minimum absolute atomic E-state index is 0.157. The van der Waals surface area contributed by atoms with E-state index in [0.29, 0.717) is 29.2 Å². The number of halogens is 1. The third kappa shape index (κ3) is 3.59. The highest BCUT2D eigenvalue weighted by molar-refractivity contribution is 6.08. The average Bonchev–Trinajstić information content (AvgIpc) is 3.48. The van der Waals surface area contributed by atoms with E-state index in [1.165, 1.54) is 18.6 Å². The Hall–Kier alpha value is -4.44. The maximum atomic E-state index is 15.2. The van der Waals surface area contributed by atoms with E-state index in [0.717, 1.165) is 5.82 Å². The molecule has 170 valence electrons. The first-order chi connectivity index (χ1) is 16.5. The van der Waals surface area contributed by atoms with Crippen LogP contribution in [0.4, 0.5) is 4.39 Å². The number of amides is 1. The summed E-state index contributed by atoms with van der Waals surface area (Å²) in [5.74, 6) is -0.806. The molecule has 1 aliphatic heterocycles. The zero-order valence-electron chi connectivity index (χ0n) is 18.1. The lowest BCUT2D eigenvalue weighted by atomic mass is 9.97. The van der Waals surface area contributed by atoms with Crippen molar-refractivity contribution in [3.63, 3.8) is 0 Å². The lowest BCUT2D eigenvalue weighted by Gasteiger charge is -2.19. The van der Waals surface area contributed by atoms with E-state index in [9.17, 15) is 9.59 Å². The molecular formula is C24H20FN7O2. The molecule has 1 unspecified atom stereocenters. The maximum Gasteiger partial charge on any atom is 0.248 e. The molecule has 34 heavy (non-hydrogen) atoms. The van der Waals surface area contributed by atoms with Gasteiger partial charge in [0, 0.05) is 34.9 Å². The van der Waals surface area contributed by atoms with Crippen LogP contribution in [0.5, 0.6) is 0 Å². The molecule has 0 fully saturated rings. The van der Waals surface area contributed by atoms with Crippen LogP contribution in [0, 0.1) is 5.82 Å². The quantitative estimate of drug-likeness (QED) is 0.461. The summed E-state index contributed by atoms with van der Waals surface area (Å²) in [5, 5.41) is 3.02. The Morgan fingerprint density at radius 2 is 1.97 bits per heavy atom. The van der Waals surface area contributed by atoms with Crippen LogP contribution in [-0.2, 0) is 6.54 Å². The summed E-state index contributed by atoms with van der Waals surface area (Å²) in [6.45, 7) is 0.519. The number of nitrogens with zero attached hydrogens (tertiary/aromatic N) is 5. The number of fused-ring (bicyclic) bond motifs is 1. The number of Topliss-reactive ketones (excluding diaryl/α,β-unsaturated/α-hetero) is 1. The van der Waals surface area contributed by atoms with Gasteiger partial charge in [-0.05, 0) is 37.4 Å². The number of hydrogen-bond donors (Lipinski definition) is 2. The van der Waals surface area contributed by atoms with Crippen LogP contribution in [-0.4, -0.2) is 44.1 Å². The van der Waals surface area contributed by atoms with Gasteiger partial charge in [-0.15, -0.1) is 0 Å². The van der Waals surface area contributed by atoms with Crippen LogP contribution in [0.2, 0.25) is 0 Å². The van der Waals surface area contributed by atoms with Crippen molar-refractivity contribution in [2.75, 3.05) is 7.05 Å². The lowest BCUT2D eigenvalue weighted by molar-refractivity contribution is 0.0951. The fourth-order valence-corrected chi connectivity index (χ4v) is 4.02. The predicted molar refractivity (Wildman–Crippen MR) is 123 cm³/mol. The second kappa shape index (κ2) is 8.49. The highest BCUT2D eigenvalue weighted by Crippen LogP contribution is 2.31. The molecule has 10 heteroatoms. The Labute approximate surface area is 193 Å². The van der Waals surface area contributed by atoms with Crippen molar-refractivity contribution >= 4 is 17.9 Å². The minimum atomic E-state index is -1.06. The van der Waals surface area contributed by atoms with Crippen molar-refractivity contribution in [3.05, 3.63) is 95.3 Å². The first-order valence-corrected chi connectivity index (χ1v) is 10.5. The van der Waals surface area contributed by atoms with Crippen molar-refractivity contribution in [2.45, 2.75) is 12.6 Å². The van der Waals surface area contributed by atoms with E-state index in [1.54, 1.807) is 65.0 Å². The second-order valence-electron chi connectivity index (χ2n) is 7.76. The molecule has 3 heterocycles. The summed E-state index contributed by atoms with van der Waals surface area (Å²) in [6.07, 6.45) is 6.32. The largest absolute Gasteiger partial charge is 0.366 e. The standard InChI is InChI=1S/C24H20FN7O2/c1-27-12-20-28-7-8-31(20)16-5-6-17(18(25)10-16)21-23(33)22-19(11-29-21)30-13-32(22)15-4-2-3-14(9-15)24(26)34/h2-11,13,21,27H,12H2,1H3,(H2,26,34). The molecule has 3 N–H and O–H groups in total. The lowest BCUT2D eigenvalue weighted by Crippen LogP contribution is -2.22. The normalized spacial score (nSPS) is 14.9. The van der Waals surface area contributed by atoms with Gasteiger partial charge in [0.15, 0.2) is 0 Å². The van der Waals surface area contributed by atoms with Crippen LogP contribution >= 0.6 is 0 Å². The average molecular weight is 457 g/mol. The molecule has 1 amide bonds. The van der Waals surface area contributed by atoms with Crippen LogP contribution in [0.15, 0.2) is 66.2 Å². The summed E-state index contributed by atoms with van der Waals surface area (Å²) in [7, 11) is 1.80. The molecule has 0 aliphatic carbocycles. The number of primary amides is 1. The fourth-order valence-electron chi connectivity index (χ4n) is 4.02. The van der Waals surface area contributed by atoms with Gasteiger partial charge in [-0.1, -0.05) is 12.1 Å². The first kappa shape index (κ1) is 21.4. The number of aromatic nitrogens is 4. The van der Waals surface area contributed by atoms with Gasteiger partial charge < -0.3 is 15.6 Å². The maximum absolute atomic E-state index is 15.2. The smallest absolute Gasteiger partial charge is 0.248 e. The van der Waals surface area contributed by atoms with Crippen molar-refractivity contribution in [3.8, 4) is 11.4 Å². The summed E-state index contributed by atoms with van der Waals surface area (Å²) < 4.78 is 18.6. The van der Waals surface area contributed by atoms with E-state index in [4.69, 9.17) is 5.73 Å². The van der Waals surface area contributed by atoms with E-state index >= 15 is 4.39 Å². The number of nitrogens with two attached hydrogens (primary N) is 1. The Morgan fingerprint density at radius 3 is 2.74 bits per heavy atom. The van der Waals surface area contributed by atoms with Gasteiger partial charge in [0.2, 0.25) is 11.7 Å². The van der Waals surface area contributed by atoms with E-state index in [2.05, 4.69) is 20.3 Å². The molecule has 5 rings (SSSR count). The Balaban J connectivity index is 1.50. The molecular weight excluding hydrogens is 437 g/mol. The number of carbonyl (C=O) groups excluding carboxylic acids is 2. The van der Waals surface area contributed by atoms with Crippen LogP contribution in [0.3, 0.4) is 0 Å². The number of ketones is 1. The summed E-state index contributed by atoms with van der Waals surface area (Å²) in [4.78, 5) is 37.8. The number of benzene rings is 2. The fraction of sp³-hybridized carbons (Fsp3) is 0.125. The third-order valence-corrected chi connectivity index (χ3v) is 5.64. The molecule has 0 saturated carbocycles. The summed E-state index contributed by atoms with van der Waals surface area (Å²) in [5.41, 5.74) is 7.61. The molecule has 0 spiro atoms. The van der Waals surface area contributed by atoms with Gasteiger partial charge in [0.25, 0.3) is 0 Å². The zero-order chi connectivity index (χ0) is 23.8. The minimum Gasteiger partial charge on any atom is -0.366 e. The van der Waals surface area contributed by atoms with Crippen molar-refractivity contribution in [1.29, 1.82) is 0 Å². The number of nitrogens with one attached hydrogen (secondary N) is 1. The molecule has 0 bridgehead atoms. The Morgan fingerprint density at radius 1 is 1.15 bits per heavy atom. The number of imidazole rings is 2. The number of carbonyl (C=O) groups is 2. The number of aliphatic imine (C=N–C) groups is 1. The monoisotopic (exact) mass is 457 g/mol. The second-order valence-corrected chi connectivity index (χ2v) is 7.76. The van der Waals surface area contributed by atoms with Gasteiger partial charge in [-0.3, -0.25) is 19.1 Å². The van der Waals surface area contributed by atoms with Crippen molar-refractivity contribution in [2.24, 2.45) is 10.7 Å². The van der Waals surface area contributed by atoms with E-state index in [1.807, 2.05) is 0 Å². The van der Waals surface area contributed by atoms with Gasteiger partial charge in [-0.2, -0.15) is 0 Å². The van der Waals surface area contributed by atoms with Crippen molar-refractivity contribution < 1.29 is 14.0 Å². The molecule has 9 nitrogen and oxygen atoms in total. The molecule has 0 radical (unpaired) electrons. The third-order valence-electron chi connectivity index (χ3n) is 5.64. The number of rotatable bonds is 6. The number of hydrogen-bond acceptors (Lipinski definition) is 6. The van der Waals surface area contributed by atoms with Crippen LogP contribution < -0.4 is 11.1 Å². The molecule has 4 aromatic rings. The van der Waals surface area contributed by atoms with Gasteiger partial charge in [-0.25, -0.2) is 14.4 Å². The van der Waals surface area contributed by atoms with E-state index in [-0.39, 0.29) is 11.3 Å². The highest BCUT2D eigenvalue weighted by Gasteiger charge is 2.32. The molecule has 2 aromatic heterocycles. The first-order valence-electron chi connectivity index (χ1n) is 10.5. The molecule has 1 atom stereocenters. The predicted octanol–water partition coefficient (Wildman–Crippen LogP) is 2.37. The van der Waals surface area contributed by atoms with Crippen LogP contribution in [0.1, 0.15) is 44.0 Å². The van der Waals surface area contributed by atoms with Gasteiger partial charge in [0.05, 0.1) is 12.8 Å². The van der Waals surface area contributed by atoms with Crippen LogP contribution in [0.25, 0.3) is 11.4 Å². The topological polar surface area (TPSA) is 120 Å². The Kier molecular flexibility index (Phi) is 5.34. The molecule has 2 aromatic carbocycles. The zero-order valence-corrected chi connectivity index (χ0v) is 18.1.